The number of carbonyl (C=O) groups is 1. The van der Waals surface area contributed by atoms with Gasteiger partial charge in [-0.3, -0.25) is 4.68 Å². The van der Waals surface area contributed by atoms with Gasteiger partial charge in [-0.1, -0.05) is 38.1 Å². The first-order valence-corrected chi connectivity index (χ1v) is 8.74. The lowest BCUT2D eigenvalue weighted by atomic mass is 9.79. The molecular weight excluding hydrogens is 316 g/mol. The van der Waals surface area contributed by atoms with E-state index in [0.717, 1.165) is 24.0 Å². The van der Waals surface area contributed by atoms with E-state index in [0.29, 0.717) is 19.4 Å². The number of aliphatic carboxylic acids is 1. The van der Waals surface area contributed by atoms with Gasteiger partial charge in [0.15, 0.2) is 5.54 Å². The fourth-order valence-corrected chi connectivity index (χ4v) is 3.81. The molecule has 134 valence electrons. The van der Waals surface area contributed by atoms with Crippen LogP contribution < -0.4 is 0 Å². The van der Waals surface area contributed by atoms with Crippen molar-refractivity contribution < 1.29 is 14.6 Å². The number of hydrogen-bond donors (Lipinski definition) is 1. The third-order valence-corrected chi connectivity index (χ3v) is 5.46. The van der Waals surface area contributed by atoms with Gasteiger partial charge in [0, 0.05) is 19.7 Å². The van der Waals surface area contributed by atoms with Crippen LogP contribution >= 0.6 is 0 Å². The van der Waals surface area contributed by atoms with Gasteiger partial charge < -0.3 is 9.84 Å². The maximum atomic E-state index is 12.4. The predicted molar refractivity (Wildman–Crippen MR) is 95.8 cm³/mol. The molecule has 1 aromatic carbocycles. The van der Waals surface area contributed by atoms with E-state index >= 15 is 0 Å². The van der Waals surface area contributed by atoms with Gasteiger partial charge in [-0.2, -0.15) is 5.10 Å². The van der Waals surface area contributed by atoms with Gasteiger partial charge in [-0.15, -0.1) is 0 Å². The van der Waals surface area contributed by atoms with Crippen LogP contribution in [0.15, 0.2) is 36.7 Å². The predicted octanol–water partition coefficient (Wildman–Crippen LogP) is 3.17. The summed E-state index contributed by atoms with van der Waals surface area (Å²) in [6.07, 6.45) is 6.15. The van der Waals surface area contributed by atoms with Crippen molar-refractivity contribution in [2.24, 2.45) is 0 Å². The Morgan fingerprint density at radius 2 is 2.08 bits per heavy atom. The number of ether oxygens (including phenoxy) is 1. The lowest BCUT2D eigenvalue weighted by molar-refractivity contribution is -0.148. The van der Waals surface area contributed by atoms with Crippen molar-refractivity contribution in [2.75, 3.05) is 13.7 Å². The molecule has 0 amide bonds. The summed E-state index contributed by atoms with van der Waals surface area (Å²) in [6, 6.07) is 8.20. The number of carboxylic acid groups (broad SMARTS) is 1. The smallest absolute Gasteiger partial charge is 0.331 e. The summed E-state index contributed by atoms with van der Waals surface area (Å²) in [4.78, 5) is 12.4. The first-order chi connectivity index (χ1) is 11.9. The minimum absolute atomic E-state index is 0.0557. The van der Waals surface area contributed by atoms with Crippen LogP contribution in [0, 0.1) is 0 Å². The Labute approximate surface area is 148 Å². The molecule has 0 saturated carbocycles. The van der Waals surface area contributed by atoms with Crippen LogP contribution in [0.4, 0.5) is 0 Å². The van der Waals surface area contributed by atoms with Gasteiger partial charge in [0.1, 0.15) is 0 Å². The number of methoxy groups -OCH3 is 1. The fourth-order valence-electron chi connectivity index (χ4n) is 3.81. The van der Waals surface area contributed by atoms with Gasteiger partial charge in [0.25, 0.3) is 0 Å². The van der Waals surface area contributed by atoms with Gasteiger partial charge in [-0.25, -0.2) is 4.79 Å². The van der Waals surface area contributed by atoms with E-state index in [1.807, 2.05) is 18.3 Å². The number of carboxylic acids is 1. The van der Waals surface area contributed by atoms with E-state index in [2.05, 4.69) is 31.1 Å². The van der Waals surface area contributed by atoms with Crippen LogP contribution in [0.1, 0.15) is 43.4 Å². The van der Waals surface area contributed by atoms with E-state index in [1.54, 1.807) is 18.0 Å². The molecule has 25 heavy (non-hydrogen) atoms. The molecular formula is C20H26N2O3. The van der Waals surface area contributed by atoms with Gasteiger partial charge in [-0.05, 0) is 41.4 Å². The van der Waals surface area contributed by atoms with Crippen molar-refractivity contribution in [3.05, 3.63) is 53.3 Å². The number of fused-ring (bicyclic) bond motifs is 1. The first kappa shape index (κ1) is 17.7. The summed E-state index contributed by atoms with van der Waals surface area (Å²) in [7, 11) is 1.66. The Balaban J connectivity index is 2.04. The Hall–Kier alpha value is -2.14. The van der Waals surface area contributed by atoms with E-state index < -0.39 is 11.5 Å². The highest BCUT2D eigenvalue weighted by molar-refractivity contribution is 5.77. The highest BCUT2D eigenvalue weighted by Gasteiger charge is 2.46. The largest absolute Gasteiger partial charge is 0.479 e. The van der Waals surface area contributed by atoms with Crippen LogP contribution in [0.5, 0.6) is 0 Å². The summed E-state index contributed by atoms with van der Waals surface area (Å²) in [6.45, 7) is 4.98. The topological polar surface area (TPSA) is 64.4 Å². The van der Waals surface area contributed by atoms with E-state index in [9.17, 15) is 9.90 Å². The molecule has 0 aliphatic heterocycles. The van der Waals surface area contributed by atoms with Crippen molar-refractivity contribution in [1.82, 2.24) is 9.78 Å². The maximum absolute atomic E-state index is 12.4. The van der Waals surface area contributed by atoms with Crippen LogP contribution in [0.25, 0.3) is 0 Å². The third-order valence-electron chi connectivity index (χ3n) is 5.46. The molecule has 0 bridgehead atoms. The van der Waals surface area contributed by atoms with Crippen molar-refractivity contribution in [1.29, 1.82) is 0 Å². The highest BCUT2D eigenvalue weighted by atomic mass is 16.5. The number of aromatic nitrogens is 2. The average Bonchev–Trinajstić information content (AvgIpc) is 3.01. The van der Waals surface area contributed by atoms with Crippen LogP contribution in [-0.2, 0) is 33.3 Å². The lowest BCUT2D eigenvalue weighted by Crippen LogP contribution is -2.44. The number of hydrogen-bond acceptors (Lipinski definition) is 3. The molecule has 5 nitrogen and oxygen atoms in total. The van der Waals surface area contributed by atoms with E-state index in [-0.39, 0.29) is 5.41 Å². The zero-order chi connectivity index (χ0) is 18.1. The second-order valence-corrected chi connectivity index (χ2v) is 7.59. The molecule has 1 aliphatic carbocycles. The molecule has 0 saturated heterocycles. The number of rotatable bonds is 5. The molecule has 1 aromatic heterocycles. The van der Waals surface area contributed by atoms with Crippen molar-refractivity contribution in [3.63, 3.8) is 0 Å². The molecule has 2 aromatic rings. The summed E-state index contributed by atoms with van der Waals surface area (Å²) < 4.78 is 6.78. The minimum atomic E-state index is -1.05. The highest BCUT2D eigenvalue weighted by Crippen LogP contribution is 2.42. The zero-order valence-corrected chi connectivity index (χ0v) is 15.2. The molecule has 1 aliphatic rings. The van der Waals surface area contributed by atoms with Gasteiger partial charge in [0.2, 0.25) is 0 Å². The minimum Gasteiger partial charge on any atom is -0.479 e. The average molecular weight is 342 g/mol. The number of nitrogens with zero attached hydrogens (tertiary/aromatic N) is 2. The van der Waals surface area contributed by atoms with Crippen LogP contribution in [0.2, 0.25) is 0 Å². The van der Waals surface area contributed by atoms with E-state index in [4.69, 9.17) is 4.74 Å². The monoisotopic (exact) mass is 342 g/mol. The van der Waals surface area contributed by atoms with Gasteiger partial charge in [0.05, 0.1) is 12.8 Å². The molecule has 0 radical (unpaired) electrons. The summed E-state index contributed by atoms with van der Waals surface area (Å²) >= 11 is 0. The normalized spacial score (nSPS) is 22.2. The van der Waals surface area contributed by atoms with Crippen LogP contribution in [0.3, 0.4) is 0 Å². The summed E-state index contributed by atoms with van der Waals surface area (Å²) in [5.41, 5.74) is 2.24. The van der Waals surface area contributed by atoms with Crippen molar-refractivity contribution in [2.45, 2.75) is 50.5 Å². The second-order valence-electron chi connectivity index (χ2n) is 7.59. The molecule has 1 unspecified atom stereocenters. The molecule has 1 N–H and O–H groups in total. The molecule has 1 heterocycles. The van der Waals surface area contributed by atoms with Crippen LogP contribution in [-0.4, -0.2) is 34.6 Å². The zero-order valence-electron chi connectivity index (χ0n) is 15.2. The third kappa shape index (κ3) is 3.21. The van der Waals surface area contributed by atoms with E-state index in [1.165, 1.54) is 5.56 Å². The Morgan fingerprint density at radius 1 is 1.32 bits per heavy atom. The SMILES string of the molecule is COCCc1cnn(C2(C(=O)O)CCC(C)(C)c3ccccc3C2)c1. The lowest BCUT2D eigenvalue weighted by Gasteiger charge is -2.29. The quantitative estimate of drug-likeness (QED) is 0.848. The first-order valence-electron chi connectivity index (χ1n) is 8.74. The summed E-state index contributed by atoms with van der Waals surface area (Å²) in [5.74, 6) is -0.818. The number of benzene rings is 1. The van der Waals surface area contributed by atoms with Gasteiger partial charge >= 0.3 is 5.97 Å². The Bertz CT molecular complexity index is 766. The Kier molecular flexibility index (Phi) is 4.69. The molecule has 0 fully saturated rings. The molecule has 1 atom stereocenters. The molecule has 0 spiro atoms. The maximum Gasteiger partial charge on any atom is 0.331 e. The Morgan fingerprint density at radius 3 is 2.80 bits per heavy atom. The second kappa shape index (κ2) is 6.64. The molecule has 3 rings (SSSR count). The summed E-state index contributed by atoms with van der Waals surface area (Å²) in [5, 5.41) is 14.6. The fraction of sp³-hybridized carbons (Fsp3) is 0.500. The standard InChI is InChI=1S/C20H26N2O3/c1-19(2)9-10-20(18(23)24,12-16-6-4-5-7-17(16)19)22-14-15(13-21-22)8-11-25-3/h4-7,13-14H,8-12H2,1-3H3,(H,23,24). The van der Waals surface area contributed by atoms with Crippen molar-refractivity contribution in [3.8, 4) is 0 Å². The van der Waals surface area contributed by atoms with Crippen molar-refractivity contribution >= 4 is 5.97 Å². The molecule has 5 heteroatoms.